The van der Waals surface area contributed by atoms with Crippen LogP contribution in [0.2, 0.25) is 0 Å². The van der Waals surface area contributed by atoms with Crippen LogP contribution in [0.25, 0.3) is 0 Å². The molecule has 6 nitrogen and oxygen atoms in total. The Balaban J connectivity index is 4.20. The van der Waals surface area contributed by atoms with Crippen molar-refractivity contribution >= 4 is 17.9 Å². The zero-order valence-corrected chi connectivity index (χ0v) is 50.8. The van der Waals surface area contributed by atoms with Crippen molar-refractivity contribution in [2.75, 3.05) is 13.2 Å². The molecule has 6 heteroatoms. The summed E-state index contributed by atoms with van der Waals surface area (Å²) < 4.78 is 16.9. The van der Waals surface area contributed by atoms with Gasteiger partial charge in [-0.05, 0) is 83.5 Å². The molecule has 0 bridgehead atoms. The fourth-order valence-corrected chi connectivity index (χ4v) is 9.79. The SMILES string of the molecule is CC/C=C\C/C=C\C/C=C\C/C=C\CCCCCCCCCCCCCCCCCCC(=O)OCC(COC(=O)CCCCCCCCCCCCCCCC)OC(=O)CCCCCCC/C=C\CCCCCCCC. The molecule has 76 heavy (non-hydrogen) atoms. The van der Waals surface area contributed by atoms with Crippen molar-refractivity contribution in [1.82, 2.24) is 0 Å². The average molecular weight is 1060 g/mol. The number of carbonyl (C=O) groups excluding carboxylic acids is 3. The summed E-state index contributed by atoms with van der Waals surface area (Å²) in [5, 5.41) is 0. The number of hydrogen-bond acceptors (Lipinski definition) is 6. The van der Waals surface area contributed by atoms with Crippen molar-refractivity contribution in [2.45, 2.75) is 354 Å². The smallest absolute Gasteiger partial charge is 0.306 e. The van der Waals surface area contributed by atoms with Crippen molar-refractivity contribution in [2.24, 2.45) is 0 Å². The van der Waals surface area contributed by atoms with Gasteiger partial charge >= 0.3 is 17.9 Å². The number of rotatable bonds is 61. The van der Waals surface area contributed by atoms with E-state index in [9.17, 15) is 14.4 Å². The van der Waals surface area contributed by atoms with Gasteiger partial charge in [-0.25, -0.2) is 0 Å². The molecular weight excluding hydrogens is 937 g/mol. The van der Waals surface area contributed by atoms with E-state index in [4.69, 9.17) is 14.2 Å². The lowest BCUT2D eigenvalue weighted by atomic mass is 10.0. The third-order valence-electron chi connectivity index (χ3n) is 14.8. The maximum absolute atomic E-state index is 12.9. The summed E-state index contributed by atoms with van der Waals surface area (Å²) in [6, 6.07) is 0. The molecule has 0 fully saturated rings. The third-order valence-corrected chi connectivity index (χ3v) is 14.8. The fourth-order valence-electron chi connectivity index (χ4n) is 9.79. The minimum atomic E-state index is -0.775. The number of ether oxygens (including phenoxy) is 3. The second-order valence-corrected chi connectivity index (χ2v) is 22.4. The molecule has 0 radical (unpaired) electrons. The molecule has 0 heterocycles. The van der Waals surface area contributed by atoms with Gasteiger partial charge in [0.15, 0.2) is 6.10 Å². The van der Waals surface area contributed by atoms with Gasteiger partial charge in [0, 0.05) is 19.3 Å². The average Bonchev–Trinajstić information content (AvgIpc) is 3.42. The zero-order chi connectivity index (χ0) is 55.0. The van der Waals surface area contributed by atoms with E-state index in [2.05, 4.69) is 81.5 Å². The van der Waals surface area contributed by atoms with Gasteiger partial charge in [0.25, 0.3) is 0 Å². The van der Waals surface area contributed by atoms with Gasteiger partial charge in [-0.15, -0.1) is 0 Å². The first-order valence-electron chi connectivity index (χ1n) is 33.3. The Bertz CT molecular complexity index is 1360. The highest BCUT2D eigenvalue weighted by Crippen LogP contribution is 2.17. The Morgan fingerprint density at radius 3 is 0.816 bits per heavy atom. The quantitative estimate of drug-likeness (QED) is 0.0261. The molecule has 1 atom stereocenters. The molecule has 0 saturated carbocycles. The molecule has 0 aromatic carbocycles. The van der Waals surface area contributed by atoms with E-state index in [-0.39, 0.29) is 31.1 Å². The third kappa shape index (κ3) is 62.0. The summed E-state index contributed by atoms with van der Waals surface area (Å²) in [6.07, 6.45) is 82.4. The van der Waals surface area contributed by atoms with Gasteiger partial charge in [-0.1, -0.05) is 306 Å². The molecular formula is C70H126O6. The van der Waals surface area contributed by atoms with Crippen molar-refractivity contribution in [3.8, 4) is 0 Å². The molecule has 0 spiro atoms. The Morgan fingerprint density at radius 1 is 0.276 bits per heavy atom. The number of carbonyl (C=O) groups is 3. The van der Waals surface area contributed by atoms with Crippen LogP contribution in [0.4, 0.5) is 0 Å². The van der Waals surface area contributed by atoms with Gasteiger partial charge in [-0.3, -0.25) is 14.4 Å². The van der Waals surface area contributed by atoms with Gasteiger partial charge in [0.2, 0.25) is 0 Å². The van der Waals surface area contributed by atoms with Crippen molar-refractivity contribution < 1.29 is 28.6 Å². The predicted molar refractivity (Wildman–Crippen MR) is 330 cm³/mol. The molecule has 0 aromatic heterocycles. The first kappa shape index (κ1) is 73.1. The Morgan fingerprint density at radius 2 is 0.513 bits per heavy atom. The molecule has 0 saturated heterocycles. The molecule has 0 aromatic rings. The Kier molecular flexibility index (Phi) is 62.2. The fraction of sp³-hybridized carbons (Fsp3) is 0.814. The van der Waals surface area contributed by atoms with Crippen LogP contribution in [-0.2, 0) is 28.6 Å². The van der Waals surface area contributed by atoms with Crippen LogP contribution in [0.15, 0.2) is 60.8 Å². The van der Waals surface area contributed by atoms with Gasteiger partial charge in [0.1, 0.15) is 13.2 Å². The minimum Gasteiger partial charge on any atom is -0.462 e. The van der Waals surface area contributed by atoms with E-state index in [1.165, 1.54) is 218 Å². The lowest BCUT2D eigenvalue weighted by Gasteiger charge is -2.18. The molecule has 0 aliphatic heterocycles. The summed E-state index contributed by atoms with van der Waals surface area (Å²) in [7, 11) is 0. The van der Waals surface area contributed by atoms with Crippen LogP contribution in [0.5, 0.6) is 0 Å². The van der Waals surface area contributed by atoms with E-state index in [1.54, 1.807) is 0 Å². The van der Waals surface area contributed by atoms with Crippen molar-refractivity contribution in [3.05, 3.63) is 60.8 Å². The molecule has 0 amide bonds. The van der Waals surface area contributed by atoms with Crippen LogP contribution in [0, 0.1) is 0 Å². The van der Waals surface area contributed by atoms with Crippen molar-refractivity contribution in [1.29, 1.82) is 0 Å². The monoisotopic (exact) mass is 1060 g/mol. The maximum atomic E-state index is 12.9. The molecule has 0 rings (SSSR count). The van der Waals surface area contributed by atoms with Crippen LogP contribution in [0.1, 0.15) is 348 Å². The van der Waals surface area contributed by atoms with Crippen LogP contribution in [0.3, 0.4) is 0 Å². The zero-order valence-electron chi connectivity index (χ0n) is 50.8. The first-order chi connectivity index (χ1) is 37.5. The number of unbranched alkanes of at least 4 members (excludes halogenated alkanes) is 40. The molecule has 0 aliphatic rings. The summed E-state index contributed by atoms with van der Waals surface area (Å²) in [6.45, 7) is 6.57. The molecule has 1 unspecified atom stereocenters. The highest BCUT2D eigenvalue weighted by Gasteiger charge is 2.19. The lowest BCUT2D eigenvalue weighted by Crippen LogP contribution is -2.30. The molecule has 0 N–H and O–H groups in total. The van der Waals surface area contributed by atoms with Crippen LogP contribution < -0.4 is 0 Å². The van der Waals surface area contributed by atoms with Crippen molar-refractivity contribution in [3.63, 3.8) is 0 Å². The summed E-state index contributed by atoms with van der Waals surface area (Å²) in [4.78, 5) is 38.3. The topological polar surface area (TPSA) is 78.9 Å². The largest absolute Gasteiger partial charge is 0.462 e. The minimum absolute atomic E-state index is 0.0720. The van der Waals surface area contributed by atoms with E-state index in [1.807, 2.05) is 0 Å². The highest BCUT2D eigenvalue weighted by molar-refractivity contribution is 5.71. The summed E-state index contributed by atoms with van der Waals surface area (Å²) in [5.74, 6) is -0.859. The summed E-state index contributed by atoms with van der Waals surface area (Å²) in [5.41, 5.74) is 0. The van der Waals surface area contributed by atoms with Crippen LogP contribution in [-0.4, -0.2) is 37.2 Å². The summed E-state index contributed by atoms with van der Waals surface area (Å²) >= 11 is 0. The molecule has 442 valence electrons. The van der Waals surface area contributed by atoms with Gasteiger partial charge in [0.05, 0.1) is 0 Å². The maximum Gasteiger partial charge on any atom is 0.306 e. The predicted octanol–water partition coefficient (Wildman–Crippen LogP) is 22.7. The number of hydrogen-bond donors (Lipinski definition) is 0. The Hall–Kier alpha value is -2.89. The normalized spacial score (nSPS) is 12.4. The second-order valence-electron chi connectivity index (χ2n) is 22.4. The van der Waals surface area contributed by atoms with Crippen LogP contribution >= 0.6 is 0 Å². The number of esters is 3. The standard InChI is InChI=1S/C70H126O6/c1-4-7-10-13-16-19-22-25-28-29-30-31-32-33-34-35-36-37-38-39-40-41-43-45-48-51-54-57-60-63-69(72)75-66-67(65-74-68(71)62-59-56-53-50-47-44-27-24-21-18-15-12-9-6-3)76-70(73)64-61-58-55-52-49-46-42-26-23-20-17-14-11-8-5-2/h7,10,16,19,25-26,28,30-31,42,67H,4-6,8-9,11-15,17-18,20-24,27,29,32-41,43-66H2,1-3H3/b10-7-,19-16-,28-25-,31-30-,42-26-. The van der Waals surface area contributed by atoms with Gasteiger partial charge in [-0.2, -0.15) is 0 Å². The van der Waals surface area contributed by atoms with E-state index >= 15 is 0 Å². The second kappa shape index (κ2) is 64.6. The first-order valence-corrected chi connectivity index (χ1v) is 33.3. The van der Waals surface area contributed by atoms with E-state index < -0.39 is 6.10 Å². The highest BCUT2D eigenvalue weighted by atomic mass is 16.6. The van der Waals surface area contributed by atoms with E-state index in [0.29, 0.717) is 19.3 Å². The lowest BCUT2D eigenvalue weighted by molar-refractivity contribution is -0.167. The Labute approximate surface area is 472 Å². The van der Waals surface area contributed by atoms with Gasteiger partial charge < -0.3 is 14.2 Å². The number of allylic oxidation sites excluding steroid dienone is 10. The molecule has 0 aliphatic carbocycles. The van der Waals surface area contributed by atoms with E-state index in [0.717, 1.165) is 89.9 Å².